The van der Waals surface area contributed by atoms with E-state index in [1.54, 1.807) is 12.1 Å². The highest BCUT2D eigenvalue weighted by Gasteiger charge is 2.44. The average molecular weight is 507 g/mol. The Morgan fingerprint density at radius 1 is 1.03 bits per heavy atom. The fraction of sp³-hybridized carbons (Fsp3) is 0.286. The maximum absolute atomic E-state index is 13.5. The summed E-state index contributed by atoms with van der Waals surface area (Å²) in [7, 11) is 0. The van der Waals surface area contributed by atoms with Crippen LogP contribution in [0.3, 0.4) is 0 Å². The minimum absolute atomic E-state index is 0.00815. The van der Waals surface area contributed by atoms with E-state index < -0.39 is 11.5 Å². The molecule has 5 nitrogen and oxygen atoms in total. The normalized spacial score (nSPS) is 15.7. The van der Waals surface area contributed by atoms with Crippen LogP contribution in [0, 0.1) is 17.2 Å². The highest BCUT2D eigenvalue weighted by molar-refractivity contribution is 7.99. The summed E-state index contributed by atoms with van der Waals surface area (Å²) < 4.78 is 0. The smallest absolute Gasteiger partial charge is 0.256 e. The van der Waals surface area contributed by atoms with Crippen LogP contribution in [0.15, 0.2) is 66.7 Å². The SMILES string of the molecule is N#Cc1ccc(NC(=O)C(O)(Cc2ccc(-c3ccc(CO)cc3)cc2)C2CCSCC2)cc1Cl. The fourth-order valence-electron chi connectivity index (χ4n) is 4.44. The summed E-state index contributed by atoms with van der Waals surface area (Å²) in [5.74, 6) is 1.19. The second-order valence-corrected chi connectivity index (χ2v) is 10.4. The summed E-state index contributed by atoms with van der Waals surface area (Å²) in [6.07, 6.45) is 1.72. The molecule has 0 spiro atoms. The molecule has 0 aromatic heterocycles. The molecular formula is C28H27ClN2O3S. The topological polar surface area (TPSA) is 93.4 Å². The van der Waals surface area contributed by atoms with Crippen molar-refractivity contribution >= 4 is 35.0 Å². The molecule has 4 rings (SSSR count). The molecule has 1 amide bonds. The van der Waals surface area contributed by atoms with Crippen LogP contribution in [0.5, 0.6) is 0 Å². The highest BCUT2D eigenvalue weighted by Crippen LogP contribution is 2.36. The Hall–Kier alpha value is -2.82. The number of hydrogen-bond donors (Lipinski definition) is 3. The van der Waals surface area contributed by atoms with Gasteiger partial charge in [0.25, 0.3) is 5.91 Å². The first kappa shape index (κ1) is 25.3. The molecule has 3 aromatic rings. The number of anilines is 1. The van der Waals surface area contributed by atoms with Crippen molar-refractivity contribution in [3.05, 3.63) is 88.4 Å². The second kappa shape index (κ2) is 11.3. The lowest BCUT2D eigenvalue weighted by atomic mass is 9.78. The van der Waals surface area contributed by atoms with E-state index in [-0.39, 0.29) is 24.0 Å². The van der Waals surface area contributed by atoms with Gasteiger partial charge in [-0.25, -0.2) is 0 Å². The Bertz CT molecular complexity index is 1220. The van der Waals surface area contributed by atoms with Crippen molar-refractivity contribution in [2.24, 2.45) is 5.92 Å². The third-order valence-corrected chi connectivity index (χ3v) is 7.90. The summed E-state index contributed by atoms with van der Waals surface area (Å²) in [6.45, 7) is 0.00815. The number of carbonyl (C=O) groups excluding carboxylic acids is 1. The quantitative estimate of drug-likeness (QED) is 0.397. The molecule has 1 atom stereocenters. The van der Waals surface area contributed by atoms with Crippen LogP contribution in [-0.4, -0.2) is 33.2 Å². The van der Waals surface area contributed by atoms with Crippen molar-refractivity contribution in [1.82, 2.24) is 0 Å². The minimum Gasteiger partial charge on any atom is -0.392 e. The van der Waals surface area contributed by atoms with Gasteiger partial charge in [0, 0.05) is 12.1 Å². The zero-order valence-corrected chi connectivity index (χ0v) is 20.8. The van der Waals surface area contributed by atoms with Gasteiger partial charge in [-0.15, -0.1) is 0 Å². The molecule has 1 fully saturated rings. The molecule has 0 bridgehead atoms. The molecule has 180 valence electrons. The first-order chi connectivity index (χ1) is 16.9. The van der Waals surface area contributed by atoms with E-state index in [9.17, 15) is 15.0 Å². The first-order valence-corrected chi connectivity index (χ1v) is 13.1. The van der Waals surface area contributed by atoms with E-state index in [2.05, 4.69) is 5.32 Å². The van der Waals surface area contributed by atoms with Crippen LogP contribution in [-0.2, 0) is 17.8 Å². The van der Waals surface area contributed by atoms with E-state index in [4.69, 9.17) is 16.9 Å². The average Bonchev–Trinajstić information content (AvgIpc) is 2.90. The van der Waals surface area contributed by atoms with Crippen LogP contribution >= 0.6 is 23.4 Å². The van der Waals surface area contributed by atoms with Gasteiger partial charge in [0.2, 0.25) is 0 Å². The second-order valence-electron chi connectivity index (χ2n) is 8.80. The molecule has 0 radical (unpaired) electrons. The predicted octanol–water partition coefficient (Wildman–Crippen LogP) is 5.43. The molecular weight excluding hydrogens is 480 g/mol. The standard InChI is InChI=1S/C28H27ClN2O3S/c29-26-15-25(10-9-23(26)17-30)31-27(33)28(34,24-11-13-35-14-12-24)16-19-1-5-21(6-2-19)22-7-3-20(18-32)4-8-22/h1-10,15,24,32,34H,11-14,16,18H2,(H,31,33). The van der Waals surface area contributed by atoms with Crippen molar-refractivity contribution < 1.29 is 15.0 Å². The van der Waals surface area contributed by atoms with E-state index >= 15 is 0 Å². The van der Waals surface area contributed by atoms with E-state index in [1.807, 2.05) is 66.4 Å². The third-order valence-electron chi connectivity index (χ3n) is 6.53. The molecule has 0 aliphatic carbocycles. The van der Waals surface area contributed by atoms with Gasteiger partial charge in [0.15, 0.2) is 0 Å². The Morgan fingerprint density at radius 2 is 1.63 bits per heavy atom. The number of aliphatic hydroxyl groups is 2. The van der Waals surface area contributed by atoms with Gasteiger partial charge in [0.05, 0.1) is 17.2 Å². The number of nitriles is 1. The van der Waals surface area contributed by atoms with Crippen molar-refractivity contribution in [1.29, 1.82) is 5.26 Å². The van der Waals surface area contributed by atoms with Gasteiger partial charge < -0.3 is 15.5 Å². The molecule has 3 aromatic carbocycles. The molecule has 1 unspecified atom stereocenters. The Balaban J connectivity index is 1.56. The zero-order chi connectivity index (χ0) is 24.8. The lowest BCUT2D eigenvalue weighted by Gasteiger charge is -2.37. The van der Waals surface area contributed by atoms with E-state index in [0.29, 0.717) is 11.3 Å². The molecule has 7 heteroatoms. The van der Waals surface area contributed by atoms with Crippen LogP contribution in [0.1, 0.15) is 29.5 Å². The number of carbonyl (C=O) groups is 1. The Labute approximate surface area is 214 Å². The van der Waals surface area contributed by atoms with Crippen molar-refractivity contribution in [2.75, 3.05) is 16.8 Å². The summed E-state index contributed by atoms with van der Waals surface area (Å²) in [5.41, 5.74) is 2.98. The van der Waals surface area contributed by atoms with Crippen LogP contribution in [0.2, 0.25) is 5.02 Å². The van der Waals surface area contributed by atoms with E-state index in [1.165, 1.54) is 6.07 Å². The maximum atomic E-state index is 13.5. The van der Waals surface area contributed by atoms with Gasteiger partial charge in [-0.1, -0.05) is 60.1 Å². The fourth-order valence-corrected chi connectivity index (χ4v) is 5.77. The van der Waals surface area contributed by atoms with Gasteiger partial charge in [-0.3, -0.25) is 4.79 Å². The number of nitrogens with one attached hydrogen (secondary N) is 1. The molecule has 35 heavy (non-hydrogen) atoms. The van der Waals surface area contributed by atoms with E-state index in [0.717, 1.165) is 46.6 Å². The minimum atomic E-state index is -1.58. The van der Waals surface area contributed by atoms with Crippen LogP contribution in [0.25, 0.3) is 11.1 Å². The molecule has 1 heterocycles. The van der Waals surface area contributed by atoms with Gasteiger partial charge in [-0.05, 0) is 70.7 Å². The van der Waals surface area contributed by atoms with Gasteiger partial charge >= 0.3 is 0 Å². The number of halogens is 1. The summed E-state index contributed by atoms with van der Waals surface area (Å²) >= 11 is 7.97. The number of nitrogens with zero attached hydrogens (tertiary/aromatic N) is 1. The summed E-state index contributed by atoms with van der Waals surface area (Å²) in [6, 6.07) is 22.3. The molecule has 0 saturated carbocycles. The van der Waals surface area contributed by atoms with Crippen molar-refractivity contribution in [3.63, 3.8) is 0 Å². The molecule has 1 saturated heterocycles. The monoisotopic (exact) mass is 506 g/mol. The lowest BCUT2D eigenvalue weighted by molar-refractivity contribution is -0.140. The van der Waals surface area contributed by atoms with Gasteiger partial charge in [-0.2, -0.15) is 17.0 Å². The van der Waals surface area contributed by atoms with Crippen molar-refractivity contribution in [2.45, 2.75) is 31.5 Å². The number of rotatable bonds is 7. The summed E-state index contributed by atoms with van der Waals surface area (Å²) in [5, 5.41) is 33.2. The third kappa shape index (κ3) is 5.88. The number of thioether (sulfide) groups is 1. The van der Waals surface area contributed by atoms with Crippen molar-refractivity contribution in [3.8, 4) is 17.2 Å². The summed E-state index contributed by atoms with van der Waals surface area (Å²) in [4.78, 5) is 13.5. The Kier molecular flexibility index (Phi) is 8.15. The number of aliphatic hydroxyl groups excluding tert-OH is 1. The van der Waals surface area contributed by atoms with Gasteiger partial charge in [0.1, 0.15) is 11.7 Å². The number of benzene rings is 3. The zero-order valence-electron chi connectivity index (χ0n) is 19.2. The van der Waals surface area contributed by atoms with Crippen LogP contribution < -0.4 is 5.32 Å². The molecule has 3 N–H and O–H groups in total. The number of amides is 1. The molecule has 1 aliphatic rings. The number of hydrogen-bond acceptors (Lipinski definition) is 5. The first-order valence-electron chi connectivity index (χ1n) is 11.5. The molecule has 1 aliphatic heterocycles. The predicted molar refractivity (Wildman–Crippen MR) is 141 cm³/mol. The largest absolute Gasteiger partial charge is 0.392 e. The lowest BCUT2D eigenvalue weighted by Crippen LogP contribution is -2.52. The highest BCUT2D eigenvalue weighted by atomic mass is 35.5. The Morgan fingerprint density at radius 3 is 2.17 bits per heavy atom. The van der Waals surface area contributed by atoms with Crippen LogP contribution in [0.4, 0.5) is 5.69 Å². The maximum Gasteiger partial charge on any atom is 0.256 e.